The van der Waals surface area contributed by atoms with Gasteiger partial charge in [0.2, 0.25) is 0 Å². The van der Waals surface area contributed by atoms with Crippen LogP contribution in [0.3, 0.4) is 0 Å². The topological polar surface area (TPSA) is 38.0 Å². The van der Waals surface area contributed by atoms with Gasteiger partial charge >= 0.3 is 0 Å². The first kappa shape index (κ1) is 8.16. The van der Waals surface area contributed by atoms with Gasteiger partial charge in [0.1, 0.15) is 0 Å². The van der Waals surface area contributed by atoms with E-state index in [2.05, 4.69) is 40.6 Å². The summed E-state index contributed by atoms with van der Waals surface area (Å²) in [6, 6.07) is 5.76. The number of nitrogens with two attached hydrogens (primary N) is 1. The molecule has 0 atom stereocenters. The first-order valence-electron chi connectivity index (χ1n) is 2.69. The van der Waals surface area contributed by atoms with Crippen molar-refractivity contribution in [3.05, 3.63) is 21.8 Å². The molecular weight excluding hydrogens is 259 g/mol. The lowest BCUT2D eigenvalue weighted by Crippen LogP contribution is -2.07. The summed E-state index contributed by atoms with van der Waals surface area (Å²) >= 11 is 6.36. The molecule has 0 spiro atoms. The zero-order chi connectivity index (χ0) is 7.56. The summed E-state index contributed by atoms with van der Waals surface area (Å²) in [5.41, 5.74) is 3.49. The molecule has 0 aliphatic heterocycles. The van der Waals surface area contributed by atoms with Gasteiger partial charge in [0.25, 0.3) is 0 Å². The van der Waals surface area contributed by atoms with E-state index in [1.165, 1.54) is 0 Å². The van der Waals surface area contributed by atoms with Crippen molar-refractivity contribution in [2.24, 2.45) is 5.84 Å². The van der Waals surface area contributed by atoms with Gasteiger partial charge < -0.3 is 5.43 Å². The van der Waals surface area contributed by atoms with Crippen LogP contribution in [0.15, 0.2) is 23.1 Å². The Balaban J connectivity index is 3.09. The molecule has 0 aliphatic carbocycles. The summed E-state index contributed by atoms with van der Waals surface area (Å²) in [6.45, 7) is 0. The summed E-state index contributed by atoms with van der Waals surface area (Å²) < 4.78 is 1.10. The van der Waals surface area contributed by atoms with Crippen LogP contribution < -0.4 is 11.3 Å². The Morgan fingerprint density at radius 3 is 2.70 bits per heavy atom. The zero-order valence-corrected chi connectivity index (χ0v) is 8.19. The first-order valence-corrected chi connectivity index (χ1v) is 4.22. The molecule has 0 saturated carbocycles. The van der Waals surface area contributed by atoms with Crippen LogP contribution in [0.2, 0.25) is 0 Å². The van der Waals surface area contributed by atoms with Gasteiger partial charge in [0.05, 0.1) is 5.69 Å². The van der Waals surface area contributed by atoms with Gasteiger partial charge in [-0.3, -0.25) is 5.84 Å². The fourth-order valence-electron chi connectivity index (χ4n) is 0.624. The van der Waals surface area contributed by atoms with Gasteiger partial charge in [0.15, 0.2) is 0 Å². The van der Waals surface area contributed by atoms with Crippen LogP contribution in [0, 0.1) is 3.57 Å². The van der Waals surface area contributed by atoms with E-state index in [-0.39, 0.29) is 0 Å². The molecule has 4 heteroatoms. The first-order chi connectivity index (χ1) is 4.74. The second-order valence-electron chi connectivity index (χ2n) is 1.81. The van der Waals surface area contributed by atoms with Gasteiger partial charge in [-0.25, -0.2) is 0 Å². The highest BCUT2D eigenvalue weighted by Crippen LogP contribution is 2.20. The molecule has 0 amide bonds. The summed E-state index contributed by atoms with van der Waals surface area (Å²) in [4.78, 5) is 0.911. The SMILES string of the molecule is NNc1cc(S)ccc1I. The maximum atomic E-state index is 5.23. The normalized spacial score (nSPS) is 9.50. The Morgan fingerprint density at radius 2 is 2.20 bits per heavy atom. The second kappa shape index (κ2) is 3.45. The van der Waals surface area contributed by atoms with Gasteiger partial charge in [-0.1, -0.05) is 0 Å². The Hall–Kier alpha value is 0.0600. The van der Waals surface area contributed by atoms with Crippen LogP contribution in [0.5, 0.6) is 0 Å². The predicted molar refractivity (Wildman–Crippen MR) is 54.2 cm³/mol. The Morgan fingerprint density at radius 1 is 1.50 bits per heavy atom. The molecule has 54 valence electrons. The van der Waals surface area contributed by atoms with Crippen LogP contribution in [-0.4, -0.2) is 0 Å². The number of hydrogen-bond donors (Lipinski definition) is 3. The number of thiol groups is 1. The third-order valence-electron chi connectivity index (χ3n) is 1.11. The molecule has 1 aromatic carbocycles. The van der Waals surface area contributed by atoms with E-state index in [0.717, 1.165) is 14.2 Å². The molecule has 0 radical (unpaired) electrons. The Labute approximate surface area is 78.7 Å². The molecule has 0 unspecified atom stereocenters. The minimum absolute atomic E-state index is 0.910. The maximum Gasteiger partial charge on any atom is 0.0629 e. The van der Waals surface area contributed by atoms with Crippen LogP contribution in [-0.2, 0) is 0 Å². The lowest BCUT2D eigenvalue weighted by molar-refractivity contribution is 1.31. The van der Waals surface area contributed by atoms with Crippen LogP contribution in [0.4, 0.5) is 5.69 Å². The van der Waals surface area contributed by atoms with Gasteiger partial charge in [-0.2, -0.15) is 0 Å². The highest BCUT2D eigenvalue weighted by atomic mass is 127. The molecule has 3 N–H and O–H groups in total. The molecule has 10 heavy (non-hydrogen) atoms. The summed E-state index contributed by atoms with van der Waals surface area (Å²) in [6.07, 6.45) is 0. The number of nitrogens with one attached hydrogen (secondary N) is 1. The Kier molecular flexibility index (Phi) is 2.82. The average Bonchev–Trinajstić information content (AvgIpc) is 1.94. The standard InChI is InChI=1S/C6H7IN2S/c7-5-2-1-4(10)3-6(5)9-8/h1-3,9-10H,8H2. The molecule has 1 rings (SSSR count). The summed E-state index contributed by atoms with van der Waals surface area (Å²) in [7, 11) is 0. The number of nitrogen functional groups attached to an aromatic ring is 1. The van der Waals surface area contributed by atoms with Crippen molar-refractivity contribution in [2.75, 3.05) is 5.43 Å². The quantitative estimate of drug-likeness (QED) is 0.314. The fraction of sp³-hybridized carbons (Fsp3) is 0. The molecule has 0 heterocycles. The number of hydrogen-bond acceptors (Lipinski definition) is 3. The Bertz CT molecular complexity index is 239. The molecule has 2 nitrogen and oxygen atoms in total. The predicted octanol–water partition coefficient (Wildman–Crippen LogP) is 1.87. The second-order valence-corrected chi connectivity index (χ2v) is 3.49. The van der Waals surface area contributed by atoms with E-state index in [9.17, 15) is 0 Å². The van der Waals surface area contributed by atoms with Crippen LogP contribution in [0.25, 0.3) is 0 Å². The maximum absolute atomic E-state index is 5.23. The van der Waals surface area contributed by atoms with Crippen molar-refractivity contribution in [3.8, 4) is 0 Å². The van der Waals surface area contributed by atoms with E-state index < -0.39 is 0 Å². The number of anilines is 1. The largest absolute Gasteiger partial charge is 0.323 e. The molecule has 0 fully saturated rings. The molecular formula is C6H7IN2S. The van der Waals surface area contributed by atoms with Gasteiger partial charge in [0, 0.05) is 8.47 Å². The van der Waals surface area contributed by atoms with Crippen molar-refractivity contribution < 1.29 is 0 Å². The van der Waals surface area contributed by atoms with E-state index in [1.807, 2.05) is 18.2 Å². The van der Waals surface area contributed by atoms with Crippen molar-refractivity contribution in [1.29, 1.82) is 0 Å². The van der Waals surface area contributed by atoms with E-state index in [1.54, 1.807) is 0 Å². The molecule has 0 bridgehead atoms. The van der Waals surface area contributed by atoms with Crippen molar-refractivity contribution in [1.82, 2.24) is 0 Å². The third-order valence-corrected chi connectivity index (χ3v) is 2.32. The van der Waals surface area contributed by atoms with Crippen molar-refractivity contribution in [3.63, 3.8) is 0 Å². The van der Waals surface area contributed by atoms with Crippen molar-refractivity contribution >= 4 is 40.9 Å². The number of benzene rings is 1. The van der Waals surface area contributed by atoms with E-state index >= 15 is 0 Å². The lowest BCUT2D eigenvalue weighted by Gasteiger charge is -2.02. The van der Waals surface area contributed by atoms with Gasteiger partial charge in [-0.15, -0.1) is 12.6 Å². The highest BCUT2D eigenvalue weighted by molar-refractivity contribution is 14.1. The van der Waals surface area contributed by atoms with Gasteiger partial charge in [-0.05, 0) is 40.8 Å². The zero-order valence-electron chi connectivity index (χ0n) is 5.13. The molecule has 1 aromatic rings. The molecule has 0 saturated heterocycles. The number of halogens is 1. The number of rotatable bonds is 1. The number of hydrazine groups is 1. The highest BCUT2D eigenvalue weighted by Gasteiger charge is 1.95. The third kappa shape index (κ3) is 1.77. The summed E-state index contributed by atoms with van der Waals surface area (Å²) in [5, 5.41) is 0. The summed E-state index contributed by atoms with van der Waals surface area (Å²) in [5.74, 6) is 5.23. The van der Waals surface area contributed by atoms with E-state index in [0.29, 0.717) is 0 Å². The van der Waals surface area contributed by atoms with E-state index in [4.69, 9.17) is 5.84 Å². The fourth-order valence-corrected chi connectivity index (χ4v) is 1.32. The van der Waals surface area contributed by atoms with Crippen LogP contribution >= 0.6 is 35.2 Å². The van der Waals surface area contributed by atoms with Crippen molar-refractivity contribution in [2.45, 2.75) is 4.90 Å². The average molecular weight is 266 g/mol. The minimum atomic E-state index is 0.910. The molecule has 0 aliphatic rings. The minimum Gasteiger partial charge on any atom is -0.323 e. The lowest BCUT2D eigenvalue weighted by atomic mass is 10.3. The molecule has 0 aromatic heterocycles. The monoisotopic (exact) mass is 266 g/mol. The van der Waals surface area contributed by atoms with Crippen LogP contribution in [0.1, 0.15) is 0 Å². The smallest absolute Gasteiger partial charge is 0.0629 e.